The van der Waals surface area contributed by atoms with E-state index in [0.717, 1.165) is 4.90 Å². The van der Waals surface area contributed by atoms with Gasteiger partial charge >= 0.3 is 6.03 Å². The molecule has 0 aliphatic carbocycles. The average Bonchev–Trinajstić information content (AvgIpc) is 3.06. The van der Waals surface area contributed by atoms with E-state index in [1.165, 1.54) is 23.1 Å². The Labute approximate surface area is 165 Å². The number of nitrogens with zero attached hydrogens (tertiary/aromatic N) is 2. The largest absolute Gasteiger partial charge is 0.325 e. The number of fused-ring (bicyclic) bond motifs is 2. The summed E-state index contributed by atoms with van der Waals surface area (Å²) in [4.78, 5) is 41.3. The molecule has 0 saturated carbocycles. The molecular weight excluding hydrogens is 385 g/mol. The van der Waals surface area contributed by atoms with Gasteiger partial charge in [-0.15, -0.1) is 0 Å². The van der Waals surface area contributed by atoms with Gasteiger partial charge in [0, 0.05) is 22.7 Å². The first-order valence-electron chi connectivity index (χ1n) is 8.90. The van der Waals surface area contributed by atoms with Crippen molar-refractivity contribution in [2.24, 2.45) is 0 Å². The van der Waals surface area contributed by atoms with Crippen molar-refractivity contribution in [3.8, 4) is 0 Å². The zero-order valence-electron chi connectivity index (χ0n) is 15.0. The molecule has 0 bridgehead atoms. The molecule has 2 aliphatic rings. The molecule has 1 atom stereocenters. The van der Waals surface area contributed by atoms with Gasteiger partial charge in [0.2, 0.25) is 5.54 Å². The van der Waals surface area contributed by atoms with Crippen molar-refractivity contribution in [3.63, 3.8) is 0 Å². The summed E-state index contributed by atoms with van der Waals surface area (Å²) in [6.45, 7) is 1.89. The standard InChI is InChI=1S/C20H17ClFN3O3/c1-2-10-24-17(26)20(23-19(24)28)13-6-3-4-9-16(13)25(18(20)27)11-12-14(21)7-5-8-15(12)22/h3-9H,2,10-11H2,1H3,(H,23,28). The number of urea groups is 1. The summed E-state index contributed by atoms with van der Waals surface area (Å²) in [5, 5.41) is 2.77. The Balaban J connectivity index is 1.82. The van der Waals surface area contributed by atoms with Crippen LogP contribution in [0.25, 0.3) is 0 Å². The van der Waals surface area contributed by atoms with Gasteiger partial charge in [-0.25, -0.2) is 9.18 Å². The number of hydrogen-bond donors (Lipinski definition) is 1. The second kappa shape index (κ2) is 6.60. The van der Waals surface area contributed by atoms with Crippen molar-refractivity contribution in [1.82, 2.24) is 10.2 Å². The first-order chi connectivity index (χ1) is 13.4. The second-order valence-corrected chi connectivity index (χ2v) is 7.15. The van der Waals surface area contributed by atoms with E-state index in [1.54, 1.807) is 24.3 Å². The normalized spacial score (nSPS) is 20.9. The van der Waals surface area contributed by atoms with E-state index in [0.29, 0.717) is 17.7 Å². The number of hydrogen-bond acceptors (Lipinski definition) is 3. The first-order valence-corrected chi connectivity index (χ1v) is 9.28. The Morgan fingerprint density at radius 3 is 2.46 bits per heavy atom. The third kappa shape index (κ3) is 2.43. The Bertz CT molecular complexity index is 992. The van der Waals surface area contributed by atoms with Crippen LogP contribution in [0.5, 0.6) is 0 Å². The van der Waals surface area contributed by atoms with E-state index < -0.39 is 29.2 Å². The second-order valence-electron chi connectivity index (χ2n) is 6.75. The van der Waals surface area contributed by atoms with Crippen LogP contribution in [-0.4, -0.2) is 29.3 Å². The molecule has 2 heterocycles. The lowest BCUT2D eigenvalue weighted by molar-refractivity contribution is -0.138. The highest BCUT2D eigenvalue weighted by atomic mass is 35.5. The summed E-state index contributed by atoms with van der Waals surface area (Å²) < 4.78 is 14.3. The minimum atomic E-state index is -1.82. The minimum absolute atomic E-state index is 0.145. The number of halogens is 2. The zero-order chi connectivity index (χ0) is 20.1. The van der Waals surface area contributed by atoms with Gasteiger partial charge in [0.1, 0.15) is 5.82 Å². The minimum Gasteiger partial charge on any atom is -0.311 e. The van der Waals surface area contributed by atoms with Crippen molar-refractivity contribution >= 4 is 35.1 Å². The molecule has 2 aromatic rings. The Morgan fingerprint density at radius 1 is 1.04 bits per heavy atom. The number of amides is 4. The fraction of sp³-hybridized carbons (Fsp3) is 0.250. The van der Waals surface area contributed by atoms with Gasteiger partial charge in [-0.2, -0.15) is 0 Å². The molecule has 1 spiro atoms. The molecule has 1 N–H and O–H groups in total. The van der Waals surface area contributed by atoms with Gasteiger partial charge < -0.3 is 10.2 Å². The number of nitrogens with one attached hydrogen (secondary N) is 1. The van der Waals surface area contributed by atoms with E-state index in [9.17, 15) is 18.8 Å². The third-order valence-electron chi connectivity index (χ3n) is 5.10. The van der Waals surface area contributed by atoms with Crippen LogP contribution in [0.3, 0.4) is 0 Å². The van der Waals surface area contributed by atoms with E-state index in [4.69, 9.17) is 11.6 Å². The number of imide groups is 1. The maximum absolute atomic E-state index is 14.3. The van der Waals surface area contributed by atoms with Crippen LogP contribution < -0.4 is 10.2 Å². The van der Waals surface area contributed by atoms with Crippen molar-refractivity contribution in [2.75, 3.05) is 11.4 Å². The molecule has 2 aliphatic heterocycles. The lowest BCUT2D eigenvalue weighted by atomic mass is 9.91. The molecule has 2 aromatic carbocycles. The van der Waals surface area contributed by atoms with Gasteiger partial charge in [0.15, 0.2) is 0 Å². The van der Waals surface area contributed by atoms with Gasteiger partial charge in [-0.05, 0) is 24.6 Å². The number of rotatable bonds is 4. The van der Waals surface area contributed by atoms with Crippen molar-refractivity contribution in [3.05, 3.63) is 64.4 Å². The Kier molecular flexibility index (Phi) is 4.34. The van der Waals surface area contributed by atoms with Crippen LogP contribution >= 0.6 is 11.6 Å². The van der Waals surface area contributed by atoms with E-state index in [-0.39, 0.29) is 23.7 Å². The molecule has 4 rings (SSSR count). The van der Waals surface area contributed by atoms with Gasteiger partial charge in [0.25, 0.3) is 11.8 Å². The maximum Gasteiger partial charge on any atom is 0.325 e. The Hall–Kier alpha value is -2.93. The third-order valence-corrected chi connectivity index (χ3v) is 5.45. The average molecular weight is 402 g/mol. The SMILES string of the molecule is CCCN1C(=O)NC2(C1=O)C(=O)N(Cc1c(F)cccc1Cl)c1ccccc12. The van der Waals surface area contributed by atoms with Crippen molar-refractivity contribution < 1.29 is 18.8 Å². The van der Waals surface area contributed by atoms with E-state index in [2.05, 4.69) is 5.32 Å². The van der Waals surface area contributed by atoms with Crippen molar-refractivity contribution in [2.45, 2.75) is 25.4 Å². The predicted octanol–water partition coefficient (Wildman–Crippen LogP) is 3.18. The smallest absolute Gasteiger partial charge is 0.311 e. The molecule has 4 amide bonds. The van der Waals surface area contributed by atoms with Gasteiger partial charge in [0.05, 0.1) is 12.2 Å². The molecule has 1 saturated heterocycles. The quantitative estimate of drug-likeness (QED) is 0.632. The number of para-hydroxylation sites is 1. The lowest BCUT2D eigenvalue weighted by Gasteiger charge is -2.22. The predicted molar refractivity (Wildman–Crippen MR) is 101 cm³/mol. The molecule has 0 aromatic heterocycles. The molecule has 8 heteroatoms. The molecule has 0 radical (unpaired) electrons. The summed E-state index contributed by atoms with van der Waals surface area (Å²) in [5.74, 6) is -1.78. The fourth-order valence-electron chi connectivity index (χ4n) is 3.78. The summed E-state index contributed by atoms with van der Waals surface area (Å²) in [6, 6.07) is 10.4. The summed E-state index contributed by atoms with van der Waals surface area (Å²) >= 11 is 6.13. The number of anilines is 1. The van der Waals surface area contributed by atoms with Crippen LogP contribution in [0, 0.1) is 5.82 Å². The number of carbonyl (C=O) groups excluding carboxylic acids is 3. The number of benzene rings is 2. The number of carbonyl (C=O) groups is 3. The summed E-state index contributed by atoms with van der Waals surface area (Å²) in [6.07, 6.45) is 0.569. The van der Waals surface area contributed by atoms with Crippen molar-refractivity contribution in [1.29, 1.82) is 0 Å². The van der Waals surface area contributed by atoms with Crippen LogP contribution in [0.1, 0.15) is 24.5 Å². The van der Waals surface area contributed by atoms with Crippen LogP contribution in [0.15, 0.2) is 42.5 Å². The van der Waals surface area contributed by atoms with Gasteiger partial charge in [-0.1, -0.05) is 42.8 Å². The molecule has 28 heavy (non-hydrogen) atoms. The molecular formula is C20H17ClFN3O3. The highest BCUT2D eigenvalue weighted by Crippen LogP contribution is 2.44. The highest BCUT2D eigenvalue weighted by molar-refractivity contribution is 6.31. The van der Waals surface area contributed by atoms with E-state index in [1.807, 2.05) is 6.92 Å². The monoisotopic (exact) mass is 401 g/mol. The van der Waals surface area contributed by atoms with Crippen LogP contribution in [0.2, 0.25) is 5.02 Å². The first kappa shape index (κ1) is 18.4. The maximum atomic E-state index is 14.3. The van der Waals surface area contributed by atoms with E-state index >= 15 is 0 Å². The molecule has 1 fully saturated rings. The zero-order valence-corrected chi connectivity index (χ0v) is 15.8. The molecule has 6 nitrogen and oxygen atoms in total. The summed E-state index contributed by atoms with van der Waals surface area (Å²) in [5.41, 5.74) is -0.851. The fourth-order valence-corrected chi connectivity index (χ4v) is 4.00. The lowest BCUT2D eigenvalue weighted by Crippen LogP contribution is -2.52. The topological polar surface area (TPSA) is 69.7 Å². The summed E-state index contributed by atoms with van der Waals surface area (Å²) in [7, 11) is 0. The molecule has 144 valence electrons. The Morgan fingerprint density at radius 2 is 1.75 bits per heavy atom. The van der Waals surface area contributed by atoms with Crippen LogP contribution in [0.4, 0.5) is 14.9 Å². The molecule has 1 unspecified atom stereocenters. The van der Waals surface area contributed by atoms with Gasteiger partial charge in [-0.3, -0.25) is 14.5 Å². The highest BCUT2D eigenvalue weighted by Gasteiger charge is 2.63. The van der Waals surface area contributed by atoms with Crippen LogP contribution in [-0.2, 0) is 21.7 Å².